The lowest BCUT2D eigenvalue weighted by molar-refractivity contribution is 0.800. The van der Waals surface area contributed by atoms with E-state index >= 15 is 0 Å². The summed E-state index contributed by atoms with van der Waals surface area (Å²) < 4.78 is 0. The summed E-state index contributed by atoms with van der Waals surface area (Å²) in [5.41, 5.74) is 2.69. The highest BCUT2D eigenvalue weighted by Gasteiger charge is 1.96. The highest BCUT2D eigenvalue weighted by atomic mass is 14.8. The van der Waals surface area contributed by atoms with Crippen molar-refractivity contribution < 1.29 is 0 Å². The summed E-state index contributed by atoms with van der Waals surface area (Å²) in [4.78, 5) is 4.07. The first-order chi connectivity index (χ1) is 5.38. The Morgan fingerprint density at radius 1 is 1.45 bits per heavy atom. The van der Waals surface area contributed by atoms with Crippen molar-refractivity contribution in [1.82, 2.24) is 10.3 Å². The smallest absolute Gasteiger partial charge is 0.0315 e. The molecule has 1 aromatic rings. The molecule has 1 N–H and O–H groups in total. The fraction of sp³-hybridized carbons (Fsp3) is 0.444. The van der Waals surface area contributed by atoms with Gasteiger partial charge in [-0.15, -0.1) is 0 Å². The summed E-state index contributed by atoms with van der Waals surface area (Å²) in [5, 5.41) is 3.12. The zero-order valence-electron chi connectivity index (χ0n) is 7.09. The van der Waals surface area contributed by atoms with Gasteiger partial charge in [-0.3, -0.25) is 4.98 Å². The van der Waals surface area contributed by atoms with E-state index in [1.54, 1.807) is 0 Å². The van der Waals surface area contributed by atoms with E-state index in [1.165, 1.54) is 11.1 Å². The van der Waals surface area contributed by atoms with E-state index in [4.69, 9.17) is 0 Å². The minimum Gasteiger partial charge on any atom is -0.316 e. The normalized spacial score (nSPS) is 10.0. The SMILES string of the molecule is CCc1ccncc1CNC. The number of nitrogens with one attached hydrogen (secondary N) is 1. The summed E-state index contributed by atoms with van der Waals surface area (Å²) >= 11 is 0. The summed E-state index contributed by atoms with van der Waals surface area (Å²) in [6.45, 7) is 3.07. The van der Waals surface area contributed by atoms with Crippen molar-refractivity contribution >= 4 is 0 Å². The van der Waals surface area contributed by atoms with E-state index < -0.39 is 0 Å². The average Bonchev–Trinajstić information content (AvgIpc) is 2.06. The predicted octanol–water partition coefficient (Wildman–Crippen LogP) is 1.36. The molecule has 0 aliphatic rings. The Morgan fingerprint density at radius 3 is 2.91 bits per heavy atom. The molecule has 0 aliphatic heterocycles. The average molecular weight is 150 g/mol. The molecule has 2 nitrogen and oxygen atoms in total. The molecule has 0 saturated carbocycles. The molecule has 0 aliphatic carbocycles. The maximum Gasteiger partial charge on any atom is 0.0315 e. The van der Waals surface area contributed by atoms with Crippen LogP contribution in [0.4, 0.5) is 0 Å². The van der Waals surface area contributed by atoms with E-state index in [0.717, 1.165) is 13.0 Å². The maximum absolute atomic E-state index is 4.07. The van der Waals surface area contributed by atoms with Crippen molar-refractivity contribution in [2.45, 2.75) is 19.9 Å². The van der Waals surface area contributed by atoms with Gasteiger partial charge in [-0.05, 0) is 30.7 Å². The molecule has 0 atom stereocenters. The molecular formula is C9H14N2. The first-order valence-corrected chi connectivity index (χ1v) is 3.94. The maximum atomic E-state index is 4.07. The lowest BCUT2D eigenvalue weighted by Crippen LogP contribution is -2.07. The van der Waals surface area contributed by atoms with Crippen LogP contribution < -0.4 is 5.32 Å². The number of pyridine rings is 1. The van der Waals surface area contributed by atoms with Crippen LogP contribution in [0.25, 0.3) is 0 Å². The van der Waals surface area contributed by atoms with Crippen molar-refractivity contribution in [2.24, 2.45) is 0 Å². The second kappa shape index (κ2) is 4.09. The van der Waals surface area contributed by atoms with Gasteiger partial charge in [0, 0.05) is 18.9 Å². The van der Waals surface area contributed by atoms with Gasteiger partial charge in [-0.25, -0.2) is 0 Å². The summed E-state index contributed by atoms with van der Waals surface area (Å²) in [6, 6.07) is 2.08. The third-order valence-electron chi connectivity index (χ3n) is 1.75. The summed E-state index contributed by atoms with van der Waals surface area (Å²) in [7, 11) is 1.95. The number of nitrogens with zero attached hydrogens (tertiary/aromatic N) is 1. The van der Waals surface area contributed by atoms with Crippen molar-refractivity contribution in [3.63, 3.8) is 0 Å². The highest BCUT2D eigenvalue weighted by molar-refractivity contribution is 5.22. The summed E-state index contributed by atoms with van der Waals surface area (Å²) in [6.07, 6.45) is 4.85. The van der Waals surface area contributed by atoms with Gasteiger partial charge >= 0.3 is 0 Å². The van der Waals surface area contributed by atoms with E-state index in [2.05, 4.69) is 23.3 Å². The van der Waals surface area contributed by atoms with Crippen LogP contribution in [-0.2, 0) is 13.0 Å². The van der Waals surface area contributed by atoms with Crippen molar-refractivity contribution in [3.8, 4) is 0 Å². The van der Waals surface area contributed by atoms with E-state index in [0.29, 0.717) is 0 Å². The van der Waals surface area contributed by atoms with Crippen molar-refractivity contribution in [1.29, 1.82) is 0 Å². The van der Waals surface area contributed by atoms with Crippen LogP contribution in [0.1, 0.15) is 18.1 Å². The number of hydrogen-bond acceptors (Lipinski definition) is 2. The van der Waals surface area contributed by atoms with Crippen LogP contribution in [0, 0.1) is 0 Å². The van der Waals surface area contributed by atoms with Gasteiger partial charge in [0.05, 0.1) is 0 Å². The van der Waals surface area contributed by atoms with Gasteiger partial charge in [0.2, 0.25) is 0 Å². The number of aromatic nitrogens is 1. The van der Waals surface area contributed by atoms with E-state index in [1.807, 2.05) is 19.4 Å². The molecule has 0 spiro atoms. The molecule has 1 rings (SSSR count). The molecule has 60 valence electrons. The zero-order valence-corrected chi connectivity index (χ0v) is 7.09. The number of aryl methyl sites for hydroxylation is 1. The topological polar surface area (TPSA) is 24.9 Å². The van der Waals surface area contributed by atoms with Gasteiger partial charge in [-0.2, -0.15) is 0 Å². The Bertz CT molecular complexity index is 221. The molecule has 0 aromatic carbocycles. The molecule has 0 radical (unpaired) electrons. The monoisotopic (exact) mass is 150 g/mol. The first-order valence-electron chi connectivity index (χ1n) is 3.94. The third kappa shape index (κ3) is 2.02. The molecule has 1 aromatic heterocycles. The van der Waals surface area contributed by atoms with Gasteiger partial charge in [-0.1, -0.05) is 6.92 Å². The second-order valence-corrected chi connectivity index (χ2v) is 2.53. The molecule has 0 saturated heterocycles. The molecule has 1 heterocycles. The zero-order chi connectivity index (χ0) is 8.10. The first kappa shape index (κ1) is 8.21. The van der Waals surface area contributed by atoms with Crippen LogP contribution >= 0.6 is 0 Å². The molecule has 0 fully saturated rings. The van der Waals surface area contributed by atoms with E-state index in [9.17, 15) is 0 Å². The van der Waals surface area contributed by atoms with Gasteiger partial charge in [0.15, 0.2) is 0 Å². The quantitative estimate of drug-likeness (QED) is 0.703. The highest BCUT2D eigenvalue weighted by Crippen LogP contribution is 2.06. The lowest BCUT2D eigenvalue weighted by atomic mass is 10.1. The molecule has 2 heteroatoms. The molecule has 11 heavy (non-hydrogen) atoms. The number of rotatable bonds is 3. The fourth-order valence-electron chi connectivity index (χ4n) is 1.15. The molecule has 0 bridgehead atoms. The molecular weight excluding hydrogens is 136 g/mol. The van der Waals surface area contributed by atoms with E-state index in [-0.39, 0.29) is 0 Å². The standard InChI is InChI=1S/C9H14N2/c1-3-8-4-5-11-7-9(8)6-10-2/h4-5,7,10H,3,6H2,1-2H3. The Morgan fingerprint density at radius 2 is 2.27 bits per heavy atom. The van der Waals surface area contributed by atoms with Gasteiger partial charge < -0.3 is 5.32 Å². The minimum atomic E-state index is 0.914. The Balaban J connectivity index is 2.83. The Hall–Kier alpha value is -0.890. The summed E-state index contributed by atoms with van der Waals surface area (Å²) in [5.74, 6) is 0. The van der Waals surface area contributed by atoms with Crippen LogP contribution in [-0.4, -0.2) is 12.0 Å². The van der Waals surface area contributed by atoms with Crippen LogP contribution in [0.5, 0.6) is 0 Å². The largest absolute Gasteiger partial charge is 0.316 e. The minimum absolute atomic E-state index is 0.914. The van der Waals surface area contributed by atoms with Crippen LogP contribution in [0.3, 0.4) is 0 Å². The fourth-order valence-corrected chi connectivity index (χ4v) is 1.15. The predicted molar refractivity (Wildman–Crippen MR) is 46.4 cm³/mol. The van der Waals surface area contributed by atoms with Crippen LogP contribution in [0.15, 0.2) is 18.5 Å². The Labute approximate surface area is 67.7 Å². The van der Waals surface area contributed by atoms with Crippen molar-refractivity contribution in [2.75, 3.05) is 7.05 Å². The van der Waals surface area contributed by atoms with Gasteiger partial charge in [0.1, 0.15) is 0 Å². The molecule has 0 amide bonds. The van der Waals surface area contributed by atoms with Crippen molar-refractivity contribution in [3.05, 3.63) is 29.6 Å². The van der Waals surface area contributed by atoms with Gasteiger partial charge in [0.25, 0.3) is 0 Å². The molecule has 0 unspecified atom stereocenters. The second-order valence-electron chi connectivity index (χ2n) is 2.53. The number of hydrogen-bond donors (Lipinski definition) is 1. The Kier molecular flexibility index (Phi) is 3.05. The van der Waals surface area contributed by atoms with Crippen LogP contribution in [0.2, 0.25) is 0 Å². The lowest BCUT2D eigenvalue weighted by Gasteiger charge is -2.04. The third-order valence-corrected chi connectivity index (χ3v) is 1.75.